The first-order valence-corrected chi connectivity index (χ1v) is 9.70. The fraction of sp³-hybridized carbons (Fsp3) is 0.600. The minimum Gasteiger partial charge on any atom is -0.462 e. The Kier molecular flexibility index (Phi) is 11.3. The van der Waals surface area contributed by atoms with E-state index < -0.39 is 0 Å². The number of nitrogens with zero attached hydrogens (tertiary/aromatic N) is 2. The van der Waals surface area contributed by atoms with Gasteiger partial charge >= 0.3 is 5.97 Å². The molecule has 0 saturated carbocycles. The minimum absolute atomic E-state index is 0. The predicted molar refractivity (Wildman–Crippen MR) is 121 cm³/mol. The number of ether oxygens (including phenoxy) is 1. The molecule has 2 N–H and O–H groups in total. The molecule has 152 valence electrons. The summed E-state index contributed by atoms with van der Waals surface area (Å²) in [6, 6.07) is 8.03. The lowest BCUT2D eigenvalue weighted by Gasteiger charge is -2.24. The SMILES string of the molecule is CCNC(=NCc1ccc(C(=O)OCC)cc1)NCC1CCCN1CC.I. The fourth-order valence-electron chi connectivity index (χ4n) is 3.23. The van der Waals surface area contributed by atoms with Crippen molar-refractivity contribution in [2.24, 2.45) is 4.99 Å². The lowest BCUT2D eigenvalue weighted by Crippen LogP contribution is -2.44. The molecule has 0 bridgehead atoms. The highest BCUT2D eigenvalue weighted by atomic mass is 127. The summed E-state index contributed by atoms with van der Waals surface area (Å²) in [5, 5.41) is 6.77. The molecule has 7 heteroatoms. The van der Waals surface area contributed by atoms with E-state index in [0.717, 1.165) is 31.2 Å². The maximum absolute atomic E-state index is 11.7. The van der Waals surface area contributed by atoms with Gasteiger partial charge in [-0.3, -0.25) is 4.90 Å². The van der Waals surface area contributed by atoms with Gasteiger partial charge in [-0.2, -0.15) is 0 Å². The molecule has 0 aliphatic carbocycles. The Balaban J connectivity index is 0.00000364. The van der Waals surface area contributed by atoms with Gasteiger partial charge in [-0.1, -0.05) is 19.1 Å². The van der Waals surface area contributed by atoms with Crippen LogP contribution in [0.4, 0.5) is 0 Å². The molecular formula is C20H33IN4O2. The molecule has 1 saturated heterocycles. The van der Waals surface area contributed by atoms with E-state index in [0.29, 0.717) is 24.8 Å². The van der Waals surface area contributed by atoms with Gasteiger partial charge in [-0.25, -0.2) is 9.79 Å². The Morgan fingerprint density at radius 2 is 1.96 bits per heavy atom. The van der Waals surface area contributed by atoms with E-state index in [1.807, 2.05) is 19.1 Å². The van der Waals surface area contributed by atoms with Crippen LogP contribution >= 0.6 is 24.0 Å². The van der Waals surface area contributed by atoms with E-state index >= 15 is 0 Å². The zero-order chi connectivity index (χ0) is 18.8. The van der Waals surface area contributed by atoms with Crippen LogP contribution in [0, 0.1) is 0 Å². The van der Waals surface area contributed by atoms with Crippen molar-refractivity contribution in [3.8, 4) is 0 Å². The monoisotopic (exact) mass is 488 g/mol. The van der Waals surface area contributed by atoms with Crippen molar-refractivity contribution >= 4 is 35.9 Å². The molecule has 1 atom stereocenters. The number of halogens is 1. The third kappa shape index (κ3) is 7.65. The van der Waals surface area contributed by atoms with Crippen molar-refractivity contribution in [2.45, 2.75) is 46.2 Å². The standard InChI is InChI=1S/C20H32N4O2.HI/c1-4-21-20(23-15-18-8-7-13-24(18)5-2)22-14-16-9-11-17(12-10-16)19(25)26-6-3;/h9-12,18H,4-8,13-15H2,1-3H3,(H2,21,22,23);1H. The second kappa shape index (κ2) is 12.9. The summed E-state index contributed by atoms with van der Waals surface area (Å²) in [5.41, 5.74) is 1.64. The van der Waals surface area contributed by atoms with Crippen molar-refractivity contribution in [1.82, 2.24) is 15.5 Å². The van der Waals surface area contributed by atoms with Crippen LogP contribution in [0.1, 0.15) is 49.5 Å². The molecule has 27 heavy (non-hydrogen) atoms. The molecule has 2 rings (SSSR count). The summed E-state index contributed by atoms with van der Waals surface area (Å²) in [6.45, 7) is 11.1. The molecule has 0 amide bonds. The molecule has 1 fully saturated rings. The summed E-state index contributed by atoms with van der Waals surface area (Å²) in [4.78, 5) is 18.9. The van der Waals surface area contributed by atoms with Crippen molar-refractivity contribution in [3.63, 3.8) is 0 Å². The van der Waals surface area contributed by atoms with E-state index in [9.17, 15) is 4.79 Å². The lowest BCUT2D eigenvalue weighted by atomic mass is 10.1. The molecule has 0 radical (unpaired) electrons. The highest BCUT2D eigenvalue weighted by Gasteiger charge is 2.22. The smallest absolute Gasteiger partial charge is 0.338 e. The van der Waals surface area contributed by atoms with Crippen molar-refractivity contribution in [3.05, 3.63) is 35.4 Å². The van der Waals surface area contributed by atoms with Crippen LogP contribution in [0.25, 0.3) is 0 Å². The highest BCUT2D eigenvalue weighted by Crippen LogP contribution is 2.15. The van der Waals surface area contributed by atoms with E-state index in [1.54, 1.807) is 12.1 Å². The largest absolute Gasteiger partial charge is 0.462 e. The van der Waals surface area contributed by atoms with Gasteiger partial charge in [-0.15, -0.1) is 24.0 Å². The van der Waals surface area contributed by atoms with Crippen LogP contribution in [0.2, 0.25) is 0 Å². The number of benzene rings is 1. The highest BCUT2D eigenvalue weighted by molar-refractivity contribution is 14.0. The van der Waals surface area contributed by atoms with Gasteiger partial charge in [-0.05, 0) is 57.5 Å². The van der Waals surface area contributed by atoms with E-state index in [-0.39, 0.29) is 29.9 Å². The van der Waals surface area contributed by atoms with Crippen molar-refractivity contribution in [1.29, 1.82) is 0 Å². The molecule has 1 unspecified atom stereocenters. The topological polar surface area (TPSA) is 66.0 Å². The van der Waals surface area contributed by atoms with Gasteiger partial charge in [0.05, 0.1) is 18.7 Å². The fourth-order valence-corrected chi connectivity index (χ4v) is 3.23. The van der Waals surface area contributed by atoms with Crippen LogP contribution in [0.15, 0.2) is 29.3 Å². The van der Waals surface area contributed by atoms with Crippen molar-refractivity contribution in [2.75, 3.05) is 32.8 Å². The Labute approximate surface area is 180 Å². The molecule has 1 aliphatic rings. The summed E-state index contributed by atoms with van der Waals surface area (Å²) >= 11 is 0. The third-order valence-corrected chi connectivity index (χ3v) is 4.64. The summed E-state index contributed by atoms with van der Waals surface area (Å²) in [7, 11) is 0. The Hall–Kier alpha value is -1.35. The predicted octanol–water partition coefficient (Wildman–Crippen LogP) is 3.02. The van der Waals surface area contributed by atoms with Crippen LogP contribution in [-0.2, 0) is 11.3 Å². The number of hydrogen-bond acceptors (Lipinski definition) is 4. The molecule has 1 aromatic rings. The first-order chi connectivity index (χ1) is 12.7. The second-order valence-corrected chi connectivity index (χ2v) is 6.42. The second-order valence-electron chi connectivity index (χ2n) is 6.42. The number of guanidine groups is 1. The van der Waals surface area contributed by atoms with Gasteiger partial charge in [0, 0.05) is 19.1 Å². The average molecular weight is 488 g/mol. The zero-order valence-corrected chi connectivity index (χ0v) is 19.0. The van der Waals surface area contributed by atoms with E-state index in [4.69, 9.17) is 4.74 Å². The normalized spacial score (nSPS) is 17.3. The number of likely N-dealkylation sites (tertiary alicyclic amines) is 1. The minimum atomic E-state index is -0.283. The summed E-state index contributed by atoms with van der Waals surface area (Å²) in [5.74, 6) is 0.555. The van der Waals surface area contributed by atoms with Gasteiger partial charge < -0.3 is 15.4 Å². The van der Waals surface area contributed by atoms with Gasteiger partial charge in [0.1, 0.15) is 0 Å². The molecule has 1 aromatic carbocycles. The van der Waals surface area contributed by atoms with Crippen LogP contribution in [0.3, 0.4) is 0 Å². The summed E-state index contributed by atoms with van der Waals surface area (Å²) in [6.07, 6.45) is 2.52. The Morgan fingerprint density at radius 3 is 2.59 bits per heavy atom. The van der Waals surface area contributed by atoms with Crippen LogP contribution < -0.4 is 10.6 Å². The van der Waals surface area contributed by atoms with E-state index in [1.165, 1.54) is 19.4 Å². The van der Waals surface area contributed by atoms with Gasteiger partial charge in [0.15, 0.2) is 5.96 Å². The Bertz CT molecular complexity index is 592. The van der Waals surface area contributed by atoms with Crippen LogP contribution in [0.5, 0.6) is 0 Å². The van der Waals surface area contributed by atoms with Gasteiger partial charge in [0.2, 0.25) is 0 Å². The number of aliphatic imine (C=N–C) groups is 1. The average Bonchev–Trinajstić information content (AvgIpc) is 3.12. The number of likely N-dealkylation sites (N-methyl/N-ethyl adjacent to an activating group) is 1. The number of carbonyl (C=O) groups is 1. The quantitative estimate of drug-likeness (QED) is 0.255. The first-order valence-electron chi connectivity index (χ1n) is 9.70. The molecule has 1 aliphatic heterocycles. The number of hydrogen-bond donors (Lipinski definition) is 2. The molecule has 6 nitrogen and oxygen atoms in total. The molecule has 0 aromatic heterocycles. The zero-order valence-electron chi connectivity index (χ0n) is 16.7. The number of esters is 1. The molecular weight excluding hydrogens is 455 g/mol. The van der Waals surface area contributed by atoms with Crippen LogP contribution in [-0.4, -0.2) is 55.7 Å². The first kappa shape index (κ1) is 23.7. The van der Waals surface area contributed by atoms with E-state index in [2.05, 4.69) is 34.4 Å². The molecule has 1 heterocycles. The maximum atomic E-state index is 11.7. The lowest BCUT2D eigenvalue weighted by molar-refractivity contribution is 0.0526. The summed E-state index contributed by atoms with van der Waals surface area (Å²) < 4.78 is 5.01. The number of rotatable bonds is 8. The number of nitrogens with one attached hydrogen (secondary N) is 2. The third-order valence-electron chi connectivity index (χ3n) is 4.64. The van der Waals surface area contributed by atoms with Gasteiger partial charge in [0.25, 0.3) is 0 Å². The molecule has 0 spiro atoms. The Morgan fingerprint density at radius 1 is 1.22 bits per heavy atom. The maximum Gasteiger partial charge on any atom is 0.338 e. The van der Waals surface area contributed by atoms with Crippen molar-refractivity contribution < 1.29 is 9.53 Å². The number of carbonyl (C=O) groups excluding carboxylic acids is 1.